The first-order valence-electron chi connectivity index (χ1n) is 6.03. The second-order valence-electron chi connectivity index (χ2n) is 4.24. The van der Waals surface area contributed by atoms with Crippen molar-refractivity contribution in [2.75, 3.05) is 14.2 Å². The summed E-state index contributed by atoms with van der Waals surface area (Å²) in [5.74, 6) is -0.512. The van der Waals surface area contributed by atoms with Gasteiger partial charge in [-0.1, -0.05) is 16.8 Å². The Morgan fingerprint density at radius 3 is 2.81 bits per heavy atom. The summed E-state index contributed by atoms with van der Waals surface area (Å²) >= 11 is 5.98. The second-order valence-corrected chi connectivity index (χ2v) is 4.67. The lowest BCUT2D eigenvalue weighted by Gasteiger charge is -2.10. The number of methoxy groups -OCH3 is 2. The summed E-state index contributed by atoms with van der Waals surface area (Å²) in [7, 11) is 3.02. The van der Waals surface area contributed by atoms with Gasteiger partial charge < -0.3 is 14.6 Å². The lowest BCUT2D eigenvalue weighted by molar-refractivity contribution is 0.0684. The average molecular weight is 312 g/mol. The van der Waals surface area contributed by atoms with Crippen LogP contribution >= 0.6 is 11.6 Å². The Balaban J connectivity index is 2.39. The molecule has 8 heteroatoms. The molecule has 0 spiro atoms. The van der Waals surface area contributed by atoms with Crippen LogP contribution in [-0.4, -0.2) is 40.3 Å². The van der Waals surface area contributed by atoms with Crippen molar-refractivity contribution in [3.05, 3.63) is 40.2 Å². The first kappa shape index (κ1) is 15.3. The maximum atomic E-state index is 11.1. The smallest absolute Gasteiger partial charge is 0.358 e. The Morgan fingerprint density at radius 2 is 2.19 bits per heavy atom. The van der Waals surface area contributed by atoms with Gasteiger partial charge in [-0.05, 0) is 18.2 Å². The second kappa shape index (κ2) is 6.55. The van der Waals surface area contributed by atoms with E-state index < -0.39 is 5.97 Å². The number of aromatic nitrogens is 3. The molecule has 2 aromatic rings. The van der Waals surface area contributed by atoms with E-state index in [-0.39, 0.29) is 18.8 Å². The lowest BCUT2D eigenvalue weighted by Crippen LogP contribution is -2.11. The number of carbonyl (C=O) groups is 1. The van der Waals surface area contributed by atoms with Gasteiger partial charge in [0.2, 0.25) is 0 Å². The van der Waals surface area contributed by atoms with Gasteiger partial charge in [0.1, 0.15) is 5.75 Å². The van der Waals surface area contributed by atoms with Crippen molar-refractivity contribution in [1.29, 1.82) is 0 Å². The Morgan fingerprint density at radius 1 is 1.43 bits per heavy atom. The van der Waals surface area contributed by atoms with E-state index in [4.69, 9.17) is 26.2 Å². The number of benzene rings is 1. The van der Waals surface area contributed by atoms with Crippen molar-refractivity contribution in [1.82, 2.24) is 15.0 Å². The molecule has 0 atom stereocenters. The van der Waals surface area contributed by atoms with E-state index in [0.29, 0.717) is 16.5 Å². The molecule has 1 aromatic heterocycles. The van der Waals surface area contributed by atoms with Gasteiger partial charge >= 0.3 is 5.97 Å². The van der Waals surface area contributed by atoms with E-state index >= 15 is 0 Å². The topological polar surface area (TPSA) is 86.5 Å². The van der Waals surface area contributed by atoms with Crippen LogP contribution < -0.4 is 4.74 Å². The van der Waals surface area contributed by atoms with E-state index in [9.17, 15) is 4.79 Å². The zero-order valence-corrected chi connectivity index (χ0v) is 12.3. The minimum absolute atomic E-state index is 0.0948. The summed E-state index contributed by atoms with van der Waals surface area (Å²) in [6.07, 6.45) is 0. The van der Waals surface area contributed by atoms with Crippen LogP contribution in [0, 0.1) is 0 Å². The van der Waals surface area contributed by atoms with E-state index in [1.807, 2.05) is 0 Å². The molecule has 0 saturated heterocycles. The number of hydrogen-bond acceptors (Lipinski definition) is 5. The normalized spacial score (nSPS) is 10.6. The van der Waals surface area contributed by atoms with E-state index in [2.05, 4.69) is 10.3 Å². The summed E-state index contributed by atoms with van der Waals surface area (Å²) in [6, 6.07) is 5.19. The molecule has 0 unspecified atom stereocenters. The molecule has 1 N–H and O–H groups in total. The van der Waals surface area contributed by atoms with Crippen molar-refractivity contribution in [2.45, 2.75) is 13.2 Å². The van der Waals surface area contributed by atoms with Gasteiger partial charge in [-0.3, -0.25) is 0 Å². The summed E-state index contributed by atoms with van der Waals surface area (Å²) < 4.78 is 11.7. The summed E-state index contributed by atoms with van der Waals surface area (Å²) in [6.45, 7) is 0.375. The molecule has 1 aromatic carbocycles. The molecule has 0 bridgehead atoms. The van der Waals surface area contributed by atoms with Crippen LogP contribution in [0.2, 0.25) is 5.02 Å². The highest BCUT2D eigenvalue weighted by molar-refractivity contribution is 6.30. The lowest BCUT2D eigenvalue weighted by atomic mass is 10.2. The van der Waals surface area contributed by atoms with Crippen LogP contribution in [0.5, 0.6) is 5.75 Å². The van der Waals surface area contributed by atoms with Crippen LogP contribution in [0.1, 0.15) is 21.7 Å². The molecule has 7 nitrogen and oxygen atoms in total. The quantitative estimate of drug-likeness (QED) is 0.876. The third-order valence-corrected chi connectivity index (χ3v) is 3.12. The van der Waals surface area contributed by atoms with Gasteiger partial charge in [0, 0.05) is 17.7 Å². The average Bonchev–Trinajstić information content (AvgIpc) is 2.83. The molecule has 21 heavy (non-hydrogen) atoms. The van der Waals surface area contributed by atoms with E-state index in [1.54, 1.807) is 25.3 Å². The zero-order chi connectivity index (χ0) is 15.4. The minimum atomic E-state index is -1.15. The van der Waals surface area contributed by atoms with Gasteiger partial charge in [-0.25, -0.2) is 9.48 Å². The van der Waals surface area contributed by atoms with Crippen molar-refractivity contribution >= 4 is 17.6 Å². The van der Waals surface area contributed by atoms with Gasteiger partial charge in [-0.2, -0.15) is 0 Å². The maximum absolute atomic E-state index is 11.1. The predicted molar refractivity (Wildman–Crippen MR) is 74.8 cm³/mol. The molecule has 0 aliphatic rings. The maximum Gasteiger partial charge on any atom is 0.358 e. The molecular formula is C13H14ClN3O4. The number of halogens is 1. The van der Waals surface area contributed by atoms with Gasteiger partial charge in [-0.15, -0.1) is 5.10 Å². The molecule has 0 aliphatic carbocycles. The molecule has 0 amide bonds. The van der Waals surface area contributed by atoms with Gasteiger partial charge in [0.05, 0.1) is 26.0 Å². The molecule has 0 radical (unpaired) electrons. The number of ether oxygens (including phenoxy) is 2. The number of hydrogen-bond donors (Lipinski definition) is 1. The highest BCUT2D eigenvalue weighted by Gasteiger charge is 2.19. The monoisotopic (exact) mass is 311 g/mol. The van der Waals surface area contributed by atoms with Crippen molar-refractivity contribution in [3.8, 4) is 5.75 Å². The van der Waals surface area contributed by atoms with E-state index in [0.717, 1.165) is 5.56 Å². The molecule has 112 valence electrons. The predicted octanol–water partition coefficient (Wildman–Crippen LogP) is 1.83. The Hall–Kier alpha value is -2.12. The molecule has 0 saturated carbocycles. The number of carboxylic acid groups (broad SMARTS) is 1. The summed E-state index contributed by atoms with van der Waals surface area (Å²) in [4.78, 5) is 11.1. The third kappa shape index (κ3) is 3.32. The Kier molecular flexibility index (Phi) is 4.77. The van der Waals surface area contributed by atoms with Crippen molar-refractivity contribution < 1.29 is 19.4 Å². The summed E-state index contributed by atoms with van der Waals surface area (Å²) in [5, 5.41) is 17.2. The number of carboxylic acids is 1. The molecular weight excluding hydrogens is 298 g/mol. The number of rotatable bonds is 6. The third-order valence-electron chi connectivity index (χ3n) is 2.88. The molecule has 0 aliphatic heterocycles. The Bertz CT molecular complexity index is 657. The zero-order valence-electron chi connectivity index (χ0n) is 11.5. The van der Waals surface area contributed by atoms with Crippen LogP contribution in [-0.2, 0) is 17.9 Å². The van der Waals surface area contributed by atoms with Crippen LogP contribution in [0.3, 0.4) is 0 Å². The first-order valence-corrected chi connectivity index (χ1v) is 6.41. The van der Waals surface area contributed by atoms with Crippen LogP contribution in [0.4, 0.5) is 0 Å². The highest BCUT2D eigenvalue weighted by atomic mass is 35.5. The van der Waals surface area contributed by atoms with E-state index in [1.165, 1.54) is 11.8 Å². The Labute approximate surface area is 126 Å². The van der Waals surface area contributed by atoms with Crippen molar-refractivity contribution in [3.63, 3.8) is 0 Å². The number of nitrogens with zero attached hydrogens (tertiary/aromatic N) is 3. The highest BCUT2D eigenvalue weighted by Crippen LogP contribution is 2.24. The fourth-order valence-electron chi connectivity index (χ4n) is 1.94. The van der Waals surface area contributed by atoms with Gasteiger partial charge in [0.15, 0.2) is 5.69 Å². The minimum Gasteiger partial charge on any atom is -0.496 e. The van der Waals surface area contributed by atoms with Crippen LogP contribution in [0.15, 0.2) is 18.2 Å². The molecule has 0 fully saturated rings. The number of aromatic carboxylic acids is 1. The van der Waals surface area contributed by atoms with Crippen molar-refractivity contribution in [2.24, 2.45) is 0 Å². The largest absolute Gasteiger partial charge is 0.496 e. The SMILES string of the molecule is COCc1c(C(=O)O)nnn1Cc1cc(Cl)ccc1OC. The van der Waals surface area contributed by atoms with Gasteiger partial charge in [0.25, 0.3) is 0 Å². The summed E-state index contributed by atoms with van der Waals surface area (Å²) in [5.41, 5.74) is 1.02. The fourth-order valence-corrected chi connectivity index (χ4v) is 2.13. The molecule has 2 rings (SSSR count). The fraction of sp³-hybridized carbons (Fsp3) is 0.308. The first-order chi connectivity index (χ1) is 10.1. The van der Waals surface area contributed by atoms with Crippen LogP contribution in [0.25, 0.3) is 0 Å². The standard InChI is InChI=1S/C13H14ClN3O4/c1-20-7-10-12(13(18)19)15-16-17(10)6-8-5-9(14)3-4-11(8)21-2/h3-5H,6-7H2,1-2H3,(H,18,19). The molecule has 1 heterocycles.